The van der Waals surface area contributed by atoms with Crippen molar-refractivity contribution in [3.05, 3.63) is 29.8 Å². The first kappa shape index (κ1) is 14.5. The van der Waals surface area contributed by atoms with Crippen LogP contribution in [0.1, 0.15) is 38.2 Å². The van der Waals surface area contributed by atoms with Gasteiger partial charge in [0.15, 0.2) is 0 Å². The van der Waals surface area contributed by atoms with Gasteiger partial charge < -0.3 is 5.11 Å². The quantitative estimate of drug-likeness (QED) is 0.804. The first-order valence-corrected chi connectivity index (χ1v) is 8.25. The van der Waals surface area contributed by atoms with Gasteiger partial charge in [-0.3, -0.25) is 0 Å². The fourth-order valence-corrected chi connectivity index (χ4v) is 3.45. The fourth-order valence-electron chi connectivity index (χ4n) is 2.12. The van der Waals surface area contributed by atoms with Gasteiger partial charge in [0.1, 0.15) is 0 Å². The van der Waals surface area contributed by atoms with Crippen molar-refractivity contribution in [3.8, 4) is 0 Å². The highest BCUT2D eigenvalue weighted by Gasteiger charge is 2.27. The summed E-state index contributed by atoms with van der Waals surface area (Å²) >= 11 is 0. The Kier molecular flexibility index (Phi) is 4.60. The van der Waals surface area contributed by atoms with Gasteiger partial charge in [0.2, 0.25) is 10.0 Å². The Morgan fingerprint density at radius 1 is 1.32 bits per heavy atom. The molecule has 1 aliphatic rings. The smallest absolute Gasteiger partial charge is 0.240 e. The number of benzene rings is 1. The molecule has 0 saturated heterocycles. The molecular formula is C14H21NO3S. The first-order chi connectivity index (χ1) is 9.05. The molecule has 1 unspecified atom stereocenters. The van der Waals surface area contributed by atoms with Crippen molar-refractivity contribution in [2.75, 3.05) is 0 Å². The number of aliphatic hydroxyl groups is 1. The van der Waals surface area contributed by atoms with Gasteiger partial charge >= 0.3 is 0 Å². The van der Waals surface area contributed by atoms with Crippen LogP contribution in [0.2, 0.25) is 0 Å². The van der Waals surface area contributed by atoms with Gasteiger partial charge in [-0.2, -0.15) is 0 Å². The SMILES string of the molecule is CCC(CC1CC1)NS(=O)(=O)c1ccc(CO)cc1. The molecule has 5 heteroatoms. The molecule has 2 rings (SSSR count). The van der Waals surface area contributed by atoms with Crippen molar-refractivity contribution in [1.29, 1.82) is 0 Å². The predicted molar refractivity (Wildman–Crippen MR) is 74.1 cm³/mol. The van der Waals surface area contributed by atoms with E-state index in [0.29, 0.717) is 11.5 Å². The number of hydrogen-bond acceptors (Lipinski definition) is 3. The van der Waals surface area contributed by atoms with Gasteiger partial charge in [-0.15, -0.1) is 0 Å². The third-order valence-electron chi connectivity index (χ3n) is 3.55. The Labute approximate surface area is 114 Å². The summed E-state index contributed by atoms with van der Waals surface area (Å²) in [6.45, 7) is 1.93. The molecule has 0 amide bonds. The maximum atomic E-state index is 12.2. The Hall–Kier alpha value is -0.910. The molecule has 1 aliphatic carbocycles. The average molecular weight is 283 g/mol. The lowest BCUT2D eigenvalue weighted by molar-refractivity contribution is 0.282. The van der Waals surface area contributed by atoms with E-state index in [1.54, 1.807) is 12.1 Å². The monoisotopic (exact) mass is 283 g/mol. The molecule has 1 saturated carbocycles. The number of aliphatic hydroxyl groups excluding tert-OH is 1. The second-order valence-electron chi connectivity index (χ2n) is 5.21. The third-order valence-corrected chi connectivity index (χ3v) is 5.08. The zero-order valence-electron chi connectivity index (χ0n) is 11.2. The normalized spacial score (nSPS) is 17.4. The molecule has 1 aromatic carbocycles. The Balaban J connectivity index is 2.06. The summed E-state index contributed by atoms with van der Waals surface area (Å²) in [5.41, 5.74) is 0.712. The van der Waals surface area contributed by atoms with E-state index < -0.39 is 10.0 Å². The van der Waals surface area contributed by atoms with Crippen molar-refractivity contribution in [1.82, 2.24) is 4.72 Å². The number of rotatable bonds is 7. The van der Waals surface area contributed by atoms with Crippen LogP contribution in [0.4, 0.5) is 0 Å². The van der Waals surface area contributed by atoms with Crippen molar-refractivity contribution in [2.45, 2.75) is 50.2 Å². The fraction of sp³-hybridized carbons (Fsp3) is 0.571. The molecule has 0 aliphatic heterocycles. The number of nitrogens with one attached hydrogen (secondary N) is 1. The molecule has 1 fully saturated rings. The topological polar surface area (TPSA) is 66.4 Å². The molecule has 106 valence electrons. The van der Waals surface area contributed by atoms with E-state index in [2.05, 4.69) is 4.72 Å². The highest BCUT2D eigenvalue weighted by atomic mass is 32.2. The van der Waals surface area contributed by atoms with Gasteiger partial charge in [-0.05, 0) is 36.5 Å². The van der Waals surface area contributed by atoms with Crippen LogP contribution in [-0.2, 0) is 16.6 Å². The molecule has 0 aromatic heterocycles. The van der Waals surface area contributed by atoms with Crippen LogP contribution in [0.3, 0.4) is 0 Å². The van der Waals surface area contributed by atoms with Crippen molar-refractivity contribution >= 4 is 10.0 Å². The minimum Gasteiger partial charge on any atom is -0.392 e. The average Bonchev–Trinajstić information content (AvgIpc) is 3.21. The van der Waals surface area contributed by atoms with E-state index in [-0.39, 0.29) is 17.5 Å². The zero-order valence-corrected chi connectivity index (χ0v) is 12.0. The molecule has 2 N–H and O–H groups in total. The van der Waals surface area contributed by atoms with E-state index in [9.17, 15) is 8.42 Å². The van der Waals surface area contributed by atoms with Gasteiger partial charge in [-0.25, -0.2) is 13.1 Å². The minimum absolute atomic E-state index is 0.0232. The van der Waals surface area contributed by atoms with E-state index >= 15 is 0 Å². The van der Waals surface area contributed by atoms with Crippen molar-refractivity contribution in [2.24, 2.45) is 5.92 Å². The second-order valence-corrected chi connectivity index (χ2v) is 6.92. The summed E-state index contributed by atoms with van der Waals surface area (Å²) in [7, 11) is -3.45. The van der Waals surface area contributed by atoms with Crippen LogP contribution in [-0.4, -0.2) is 19.6 Å². The summed E-state index contributed by atoms with van der Waals surface area (Å²) in [5.74, 6) is 0.699. The second kappa shape index (κ2) is 6.03. The van der Waals surface area contributed by atoms with E-state index in [0.717, 1.165) is 12.8 Å². The lowest BCUT2D eigenvalue weighted by Crippen LogP contribution is -2.34. The van der Waals surface area contributed by atoms with Gasteiger partial charge in [0.25, 0.3) is 0 Å². The molecule has 0 bridgehead atoms. The molecule has 1 atom stereocenters. The van der Waals surface area contributed by atoms with Crippen LogP contribution in [0.5, 0.6) is 0 Å². The van der Waals surface area contributed by atoms with Crippen LogP contribution < -0.4 is 4.72 Å². The lowest BCUT2D eigenvalue weighted by Gasteiger charge is -2.16. The summed E-state index contributed by atoms with van der Waals surface area (Å²) < 4.78 is 27.2. The Morgan fingerprint density at radius 3 is 2.42 bits per heavy atom. The van der Waals surface area contributed by atoms with Crippen molar-refractivity contribution < 1.29 is 13.5 Å². The van der Waals surface area contributed by atoms with Gasteiger partial charge in [-0.1, -0.05) is 31.9 Å². The molecule has 1 aromatic rings. The zero-order chi connectivity index (χ0) is 13.9. The maximum Gasteiger partial charge on any atom is 0.240 e. The highest BCUT2D eigenvalue weighted by molar-refractivity contribution is 7.89. The first-order valence-electron chi connectivity index (χ1n) is 6.77. The summed E-state index contributed by atoms with van der Waals surface area (Å²) in [6.07, 6.45) is 4.20. The molecule has 0 spiro atoms. The van der Waals surface area contributed by atoms with Crippen LogP contribution in [0.15, 0.2) is 29.2 Å². The number of sulfonamides is 1. The van der Waals surface area contributed by atoms with Crippen LogP contribution in [0, 0.1) is 5.92 Å². The highest BCUT2D eigenvalue weighted by Crippen LogP contribution is 2.34. The third kappa shape index (κ3) is 4.03. The summed E-state index contributed by atoms with van der Waals surface area (Å²) in [6, 6.07) is 6.37. The Bertz CT molecular complexity index is 506. The van der Waals surface area contributed by atoms with Crippen molar-refractivity contribution in [3.63, 3.8) is 0 Å². The van der Waals surface area contributed by atoms with Gasteiger partial charge in [0, 0.05) is 6.04 Å². The van der Waals surface area contributed by atoms with Crippen LogP contribution >= 0.6 is 0 Å². The summed E-state index contributed by atoms with van der Waals surface area (Å²) in [4.78, 5) is 0.263. The molecule has 4 nitrogen and oxygen atoms in total. The number of hydrogen-bond donors (Lipinski definition) is 2. The van der Waals surface area contributed by atoms with E-state index in [1.165, 1.54) is 25.0 Å². The summed E-state index contributed by atoms with van der Waals surface area (Å²) in [5, 5.41) is 8.96. The lowest BCUT2D eigenvalue weighted by atomic mass is 10.1. The van der Waals surface area contributed by atoms with E-state index in [1.807, 2.05) is 6.92 Å². The predicted octanol–water partition coefficient (Wildman–Crippen LogP) is 2.04. The largest absolute Gasteiger partial charge is 0.392 e. The minimum atomic E-state index is -3.45. The molecule has 0 radical (unpaired) electrons. The standard InChI is InChI=1S/C14H21NO3S/c1-2-13(9-11-3-4-11)15-19(17,18)14-7-5-12(10-16)6-8-14/h5-8,11,13,15-16H,2-4,9-10H2,1H3. The van der Waals surface area contributed by atoms with Gasteiger partial charge in [0.05, 0.1) is 11.5 Å². The molecular weight excluding hydrogens is 262 g/mol. The van der Waals surface area contributed by atoms with Crippen LogP contribution in [0.25, 0.3) is 0 Å². The maximum absolute atomic E-state index is 12.2. The molecule has 19 heavy (non-hydrogen) atoms. The van der Waals surface area contributed by atoms with E-state index in [4.69, 9.17) is 5.11 Å². The Morgan fingerprint density at radius 2 is 1.95 bits per heavy atom. The molecule has 0 heterocycles.